The molecule has 0 bridgehead atoms. The second-order valence-corrected chi connectivity index (χ2v) is 4.98. The molecule has 2 aromatic heterocycles. The lowest BCUT2D eigenvalue weighted by Crippen LogP contribution is -2.31. The van der Waals surface area contributed by atoms with E-state index in [0.717, 1.165) is 5.69 Å². The zero-order chi connectivity index (χ0) is 16.1. The number of rotatable bonds is 5. The monoisotopic (exact) mass is 301 g/mol. The lowest BCUT2D eigenvalue weighted by molar-refractivity contribution is -0.607. The van der Waals surface area contributed by atoms with Crippen molar-refractivity contribution in [3.05, 3.63) is 52.8 Å². The topological polar surface area (TPSA) is 71.1 Å². The van der Waals surface area contributed by atoms with Gasteiger partial charge in [-0.2, -0.15) is 9.83 Å². The second-order valence-electron chi connectivity index (χ2n) is 4.98. The SMILES string of the molecule is CCOC(=O)c1ccc[n+]([O-])c1/C=C/c1ccnn1C(C)C. The van der Waals surface area contributed by atoms with Crippen molar-refractivity contribution in [3.8, 4) is 0 Å². The molecule has 0 unspecified atom stereocenters. The summed E-state index contributed by atoms with van der Waals surface area (Å²) in [6.45, 7) is 6.02. The van der Waals surface area contributed by atoms with E-state index in [4.69, 9.17) is 4.74 Å². The molecule has 0 saturated heterocycles. The van der Waals surface area contributed by atoms with Crippen LogP contribution in [-0.4, -0.2) is 22.4 Å². The zero-order valence-corrected chi connectivity index (χ0v) is 12.9. The van der Waals surface area contributed by atoms with Gasteiger partial charge in [0.15, 0.2) is 6.20 Å². The third-order valence-electron chi connectivity index (χ3n) is 3.10. The number of hydrogen-bond donors (Lipinski definition) is 0. The lowest BCUT2D eigenvalue weighted by atomic mass is 10.1. The fourth-order valence-electron chi connectivity index (χ4n) is 2.10. The van der Waals surface area contributed by atoms with Crippen molar-refractivity contribution in [3.63, 3.8) is 0 Å². The number of esters is 1. The number of carbonyl (C=O) groups excluding carboxylic acids is 1. The lowest BCUT2D eigenvalue weighted by Gasteiger charge is -2.08. The van der Waals surface area contributed by atoms with Gasteiger partial charge in [-0.3, -0.25) is 4.68 Å². The summed E-state index contributed by atoms with van der Waals surface area (Å²) in [6, 6.07) is 5.15. The largest absolute Gasteiger partial charge is 0.618 e. The molecule has 0 saturated carbocycles. The van der Waals surface area contributed by atoms with Gasteiger partial charge in [0.1, 0.15) is 5.56 Å². The highest BCUT2D eigenvalue weighted by molar-refractivity contribution is 5.93. The van der Waals surface area contributed by atoms with E-state index in [9.17, 15) is 10.0 Å². The summed E-state index contributed by atoms with van der Waals surface area (Å²) < 4.78 is 7.46. The first kappa shape index (κ1) is 15.8. The fourth-order valence-corrected chi connectivity index (χ4v) is 2.10. The molecule has 0 aliphatic rings. The molecule has 0 aliphatic carbocycles. The highest BCUT2D eigenvalue weighted by Gasteiger charge is 2.17. The molecule has 0 fully saturated rings. The summed E-state index contributed by atoms with van der Waals surface area (Å²) in [6.07, 6.45) is 6.42. The van der Waals surface area contributed by atoms with E-state index in [1.165, 1.54) is 12.3 Å². The van der Waals surface area contributed by atoms with Crippen LogP contribution in [0.4, 0.5) is 0 Å². The Bertz CT molecular complexity index is 690. The Hall–Kier alpha value is -2.63. The Labute approximate surface area is 129 Å². The first-order valence-electron chi connectivity index (χ1n) is 7.15. The molecule has 0 radical (unpaired) electrons. The molecule has 2 heterocycles. The van der Waals surface area contributed by atoms with E-state index in [2.05, 4.69) is 5.10 Å². The van der Waals surface area contributed by atoms with Gasteiger partial charge in [0.05, 0.1) is 12.3 Å². The standard InChI is InChI=1S/C16H19N3O3/c1-4-22-16(20)14-6-5-11-18(21)15(14)8-7-13-9-10-17-19(13)12(2)3/h5-12H,4H2,1-3H3/b8-7+. The normalized spacial score (nSPS) is 11.3. The number of nitrogens with zero attached hydrogens (tertiary/aromatic N) is 3. The fraction of sp³-hybridized carbons (Fsp3) is 0.312. The van der Waals surface area contributed by atoms with Crippen LogP contribution in [0.5, 0.6) is 0 Å². The molecule has 0 aliphatic heterocycles. The van der Waals surface area contributed by atoms with Gasteiger partial charge in [0.2, 0.25) is 5.69 Å². The molecule has 22 heavy (non-hydrogen) atoms. The van der Waals surface area contributed by atoms with Crippen LogP contribution in [0.3, 0.4) is 0 Å². The van der Waals surface area contributed by atoms with Gasteiger partial charge < -0.3 is 9.94 Å². The first-order valence-corrected chi connectivity index (χ1v) is 7.15. The summed E-state index contributed by atoms with van der Waals surface area (Å²) in [7, 11) is 0. The Morgan fingerprint density at radius 1 is 1.45 bits per heavy atom. The first-order chi connectivity index (χ1) is 10.5. The van der Waals surface area contributed by atoms with Crippen molar-refractivity contribution in [1.82, 2.24) is 9.78 Å². The Morgan fingerprint density at radius 2 is 2.23 bits per heavy atom. The molecule has 0 spiro atoms. The van der Waals surface area contributed by atoms with Crippen LogP contribution in [0.15, 0.2) is 30.6 Å². The number of carbonyl (C=O) groups is 1. The molecule has 0 amide bonds. The van der Waals surface area contributed by atoms with E-state index in [0.29, 0.717) is 4.73 Å². The number of pyridine rings is 1. The van der Waals surface area contributed by atoms with Crippen LogP contribution in [0.1, 0.15) is 48.6 Å². The Kier molecular flexibility index (Phi) is 4.93. The molecule has 2 aromatic rings. The Balaban J connectivity index is 2.38. The van der Waals surface area contributed by atoms with Gasteiger partial charge in [-0.25, -0.2) is 4.79 Å². The molecular weight excluding hydrogens is 282 g/mol. The van der Waals surface area contributed by atoms with Crippen molar-refractivity contribution in [1.29, 1.82) is 0 Å². The van der Waals surface area contributed by atoms with Crippen molar-refractivity contribution >= 4 is 18.1 Å². The van der Waals surface area contributed by atoms with E-state index >= 15 is 0 Å². The third kappa shape index (κ3) is 3.33. The molecule has 0 aromatic carbocycles. The van der Waals surface area contributed by atoms with Crippen molar-refractivity contribution < 1.29 is 14.3 Å². The molecule has 6 heteroatoms. The van der Waals surface area contributed by atoms with E-state index in [1.54, 1.807) is 31.3 Å². The highest BCUT2D eigenvalue weighted by atomic mass is 16.5. The van der Waals surface area contributed by atoms with E-state index in [-0.39, 0.29) is 23.9 Å². The number of aromatic nitrogens is 3. The zero-order valence-electron chi connectivity index (χ0n) is 12.9. The quantitative estimate of drug-likeness (QED) is 0.483. The van der Waals surface area contributed by atoms with Crippen LogP contribution in [0.2, 0.25) is 0 Å². The van der Waals surface area contributed by atoms with Crippen LogP contribution in [0.25, 0.3) is 12.2 Å². The molecule has 0 atom stereocenters. The minimum atomic E-state index is -0.510. The van der Waals surface area contributed by atoms with Crippen molar-refractivity contribution in [2.75, 3.05) is 6.61 Å². The highest BCUT2D eigenvalue weighted by Crippen LogP contribution is 2.13. The van der Waals surface area contributed by atoms with Crippen LogP contribution in [-0.2, 0) is 4.74 Å². The second kappa shape index (κ2) is 6.89. The van der Waals surface area contributed by atoms with Gasteiger partial charge in [-0.1, -0.05) is 0 Å². The predicted molar refractivity (Wildman–Crippen MR) is 82.9 cm³/mol. The maximum Gasteiger partial charge on any atom is 0.344 e. The maximum absolute atomic E-state index is 12.0. The maximum atomic E-state index is 12.0. The summed E-state index contributed by atoms with van der Waals surface area (Å²) in [5.41, 5.74) is 1.34. The predicted octanol–water partition coefficient (Wildman–Crippen LogP) is 2.44. The third-order valence-corrected chi connectivity index (χ3v) is 3.10. The van der Waals surface area contributed by atoms with E-state index < -0.39 is 5.97 Å². The van der Waals surface area contributed by atoms with Gasteiger partial charge in [0.25, 0.3) is 0 Å². The minimum Gasteiger partial charge on any atom is -0.618 e. The van der Waals surface area contributed by atoms with Gasteiger partial charge in [0, 0.05) is 24.4 Å². The van der Waals surface area contributed by atoms with Gasteiger partial charge in [-0.15, -0.1) is 0 Å². The summed E-state index contributed by atoms with van der Waals surface area (Å²) >= 11 is 0. The summed E-state index contributed by atoms with van der Waals surface area (Å²) in [5.74, 6) is -0.510. The molecule has 6 nitrogen and oxygen atoms in total. The van der Waals surface area contributed by atoms with Gasteiger partial charge >= 0.3 is 5.97 Å². The smallest absolute Gasteiger partial charge is 0.344 e. The van der Waals surface area contributed by atoms with Crippen LogP contribution in [0, 0.1) is 5.21 Å². The molecular formula is C16H19N3O3. The number of hydrogen-bond acceptors (Lipinski definition) is 4. The number of ether oxygens (including phenoxy) is 1. The van der Waals surface area contributed by atoms with Crippen LogP contribution >= 0.6 is 0 Å². The minimum absolute atomic E-state index is 0.203. The average molecular weight is 301 g/mol. The summed E-state index contributed by atoms with van der Waals surface area (Å²) in [4.78, 5) is 11.9. The summed E-state index contributed by atoms with van der Waals surface area (Å²) in [5, 5.41) is 16.2. The molecule has 116 valence electrons. The van der Waals surface area contributed by atoms with Crippen molar-refractivity contribution in [2.45, 2.75) is 26.8 Å². The van der Waals surface area contributed by atoms with Crippen molar-refractivity contribution in [2.24, 2.45) is 0 Å². The van der Waals surface area contributed by atoms with Crippen LogP contribution < -0.4 is 4.73 Å². The molecule has 0 N–H and O–H groups in total. The van der Waals surface area contributed by atoms with E-state index in [1.807, 2.05) is 24.6 Å². The average Bonchev–Trinajstić information content (AvgIpc) is 2.94. The van der Waals surface area contributed by atoms with Gasteiger partial charge in [-0.05, 0) is 39.0 Å². The Morgan fingerprint density at radius 3 is 2.91 bits per heavy atom. The molecule has 2 rings (SSSR count).